The largest absolute Gasteiger partial charge is 0.495 e. The Morgan fingerprint density at radius 2 is 1.44 bits per heavy atom. The number of aryl methyl sites for hydroxylation is 1. The number of aromatic nitrogens is 2. The van der Waals surface area contributed by atoms with Gasteiger partial charge in [0, 0.05) is 62.0 Å². The summed E-state index contributed by atoms with van der Waals surface area (Å²) >= 11 is 1.57. The van der Waals surface area contributed by atoms with E-state index in [0.717, 1.165) is 64.2 Å². The zero-order valence-corrected chi connectivity index (χ0v) is 49.5. The van der Waals surface area contributed by atoms with Gasteiger partial charge in [-0.05, 0) is 116 Å². The summed E-state index contributed by atoms with van der Waals surface area (Å²) in [6, 6.07) is 24.1. The highest BCUT2D eigenvalue weighted by atomic mass is 32.1. The summed E-state index contributed by atoms with van der Waals surface area (Å²) in [7, 11) is 1.64. The fourth-order valence-corrected chi connectivity index (χ4v) is 11.2. The van der Waals surface area contributed by atoms with Gasteiger partial charge in [0.05, 0.1) is 92.9 Å². The number of aliphatic hydroxyl groups is 1. The molecular formula is C63H75FN8O12S. The van der Waals surface area contributed by atoms with E-state index in [4.69, 9.17) is 28.4 Å². The Labute approximate surface area is 498 Å². The highest BCUT2D eigenvalue weighted by molar-refractivity contribution is 7.13. The van der Waals surface area contributed by atoms with Gasteiger partial charge < -0.3 is 64.6 Å². The summed E-state index contributed by atoms with van der Waals surface area (Å²) in [5, 5.41) is 22.7. The smallest absolute Gasteiger partial charge is 0.246 e. The predicted octanol–water partition coefficient (Wildman–Crippen LogP) is 8.20. The number of hydrogen-bond donors (Lipinski definition) is 5. The van der Waals surface area contributed by atoms with Gasteiger partial charge >= 0.3 is 0 Å². The molecule has 5 N–H and O–H groups in total. The topological polar surface area (TPSA) is 241 Å². The molecular weight excluding hydrogens is 1110 g/mol. The van der Waals surface area contributed by atoms with Gasteiger partial charge in [-0.25, -0.2) is 9.37 Å². The zero-order valence-electron chi connectivity index (χ0n) is 48.7. The van der Waals surface area contributed by atoms with Crippen LogP contribution in [0.5, 0.6) is 17.2 Å². The summed E-state index contributed by atoms with van der Waals surface area (Å²) in [6.45, 7) is 11.5. The van der Waals surface area contributed by atoms with E-state index in [0.29, 0.717) is 74.5 Å². The first-order chi connectivity index (χ1) is 41.0. The van der Waals surface area contributed by atoms with E-state index in [1.54, 1.807) is 55.0 Å². The lowest BCUT2D eigenvalue weighted by molar-refractivity contribution is -0.144. The number of amides is 5. The summed E-state index contributed by atoms with van der Waals surface area (Å²) < 4.78 is 48.8. The van der Waals surface area contributed by atoms with E-state index >= 15 is 0 Å². The normalized spacial score (nSPS) is 17.1. The second kappa shape index (κ2) is 28.5. The van der Waals surface area contributed by atoms with Crippen molar-refractivity contribution in [2.75, 3.05) is 88.5 Å². The summed E-state index contributed by atoms with van der Waals surface area (Å²) in [5.41, 5.74) is 5.42. The van der Waals surface area contributed by atoms with Crippen molar-refractivity contribution in [1.82, 2.24) is 25.5 Å². The van der Waals surface area contributed by atoms with Gasteiger partial charge in [-0.15, -0.1) is 11.3 Å². The zero-order chi connectivity index (χ0) is 60.1. The number of pyridine rings is 1. The van der Waals surface area contributed by atoms with E-state index in [1.165, 1.54) is 29.2 Å². The molecule has 0 spiro atoms. The van der Waals surface area contributed by atoms with Crippen LogP contribution in [-0.4, -0.2) is 147 Å². The molecule has 22 heteroatoms. The van der Waals surface area contributed by atoms with Crippen LogP contribution in [0, 0.1) is 23.6 Å². The van der Waals surface area contributed by atoms with Gasteiger partial charge in [-0.3, -0.25) is 29.0 Å². The van der Waals surface area contributed by atoms with Crippen LogP contribution >= 0.6 is 11.3 Å². The van der Waals surface area contributed by atoms with Crippen LogP contribution in [-0.2, 0) is 49.5 Å². The Bertz CT molecular complexity index is 3260. The Hall–Kier alpha value is -7.60. The molecule has 4 aromatic carbocycles. The molecule has 0 radical (unpaired) electrons. The van der Waals surface area contributed by atoms with Gasteiger partial charge in [0.25, 0.3) is 0 Å². The summed E-state index contributed by atoms with van der Waals surface area (Å²) in [5.74, 6) is -0.629. The van der Waals surface area contributed by atoms with Crippen LogP contribution in [0.4, 0.5) is 21.5 Å². The van der Waals surface area contributed by atoms with Gasteiger partial charge in [0.15, 0.2) is 0 Å². The number of rotatable bonds is 27. The molecule has 1 aliphatic carbocycles. The number of β-amino-alcohol motifs (C(OH)–C–C–N with tert-alkyl or cyclic N) is 1. The number of fused-ring (bicyclic) bond motifs is 1. The molecule has 3 atom stereocenters. The van der Waals surface area contributed by atoms with Crippen molar-refractivity contribution in [2.24, 2.45) is 10.8 Å². The SMILES string of the molecule is COc1cc2c(Oc3ccc(NC(=O)C4(C(=O)Nc5ccc(F)cc5)CC4)cc3)ccnc2cc1N1CCC(OCCOCCOCCOCCC(=O)N[C@H](C(=O)N2C[C@H](O)C[C@H]2C(=O)NCc2ccc(-c3scnc3C)cc2)C(C)(C)C)CC1. The molecule has 3 fully saturated rings. The third-order valence-electron chi connectivity index (χ3n) is 15.4. The molecule has 4 heterocycles. The first kappa shape index (κ1) is 61.9. The van der Waals surface area contributed by atoms with Crippen LogP contribution in [0.1, 0.15) is 70.6 Å². The van der Waals surface area contributed by atoms with Crippen LogP contribution in [0.3, 0.4) is 0 Å². The number of benzene rings is 4. The molecule has 0 bridgehead atoms. The quantitative estimate of drug-likeness (QED) is 0.0241. The fourth-order valence-electron chi connectivity index (χ4n) is 10.3. The van der Waals surface area contributed by atoms with Crippen molar-refractivity contribution in [1.29, 1.82) is 0 Å². The lowest BCUT2D eigenvalue weighted by Crippen LogP contribution is -2.57. The van der Waals surface area contributed by atoms with E-state index in [2.05, 4.69) is 36.1 Å². The maximum atomic E-state index is 14.0. The Kier molecular flexibility index (Phi) is 20.8. The van der Waals surface area contributed by atoms with Crippen LogP contribution in [0.25, 0.3) is 21.3 Å². The van der Waals surface area contributed by atoms with Crippen LogP contribution in [0.2, 0.25) is 0 Å². The minimum Gasteiger partial charge on any atom is -0.495 e. The highest BCUT2D eigenvalue weighted by Crippen LogP contribution is 2.48. The van der Waals surface area contributed by atoms with Gasteiger partial charge in [0.1, 0.15) is 40.6 Å². The number of piperidine rings is 1. The number of nitrogens with zero attached hydrogens (tertiary/aromatic N) is 4. The predicted molar refractivity (Wildman–Crippen MR) is 320 cm³/mol. The average Bonchev–Trinajstić information content (AvgIpc) is 2.15. The van der Waals surface area contributed by atoms with Crippen molar-refractivity contribution in [2.45, 2.75) is 97.1 Å². The monoisotopic (exact) mass is 1190 g/mol. The van der Waals surface area contributed by atoms with Crippen molar-refractivity contribution in [3.05, 3.63) is 120 Å². The standard InChI is InChI=1S/C63H75FN8O12S/c1-40-56(85-39-67-40)42-8-6-41(7-9-42)37-66-58(75)52-34-46(73)38-72(52)59(76)57(62(2,3)4)70-55(74)21-27-80-28-29-81-30-31-82-32-33-83-47-19-25-71(26-20-47)51-36-50-49(35-54(51)79-5)53(18-24-65-50)84-48-16-14-45(15-17-48)69-61(78)63(22-23-63)60(77)68-44-12-10-43(64)11-13-44/h6-18,24,35-36,39,46-47,52,57,73H,19-23,25-34,37-38H2,1-5H3,(H,66,75)(H,68,77)(H,69,78)(H,70,74)/t46-,52+,57-/m1/s1. The fraction of sp³-hybridized carbons (Fsp3) is 0.444. The number of carbonyl (C=O) groups excluding carboxylic acids is 5. The number of carbonyl (C=O) groups is 5. The Morgan fingerprint density at radius 1 is 0.800 bits per heavy atom. The molecule has 2 aliphatic heterocycles. The van der Waals surface area contributed by atoms with Crippen molar-refractivity contribution in [3.63, 3.8) is 0 Å². The van der Waals surface area contributed by atoms with E-state index in [9.17, 15) is 33.5 Å². The van der Waals surface area contributed by atoms with Crippen molar-refractivity contribution < 1.29 is 61.9 Å². The van der Waals surface area contributed by atoms with Crippen LogP contribution in [0.15, 0.2) is 103 Å². The maximum absolute atomic E-state index is 14.0. The minimum absolute atomic E-state index is 0.0135. The summed E-state index contributed by atoms with van der Waals surface area (Å²) in [4.78, 5) is 80.6. The second-order valence-corrected chi connectivity index (χ2v) is 23.4. The molecule has 2 aromatic heterocycles. The number of likely N-dealkylation sites (tertiary alicyclic amines) is 1. The molecule has 1 saturated carbocycles. The Morgan fingerprint density at radius 3 is 2.05 bits per heavy atom. The lowest BCUT2D eigenvalue weighted by atomic mass is 9.85. The summed E-state index contributed by atoms with van der Waals surface area (Å²) in [6.07, 6.45) is 3.46. The van der Waals surface area contributed by atoms with E-state index in [-0.39, 0.29) is 57.1 Å². The molecule has 0 unspecified atom stereocenters. The average molecular weight is 1190 g/mol. The number of aliphatic hydroxyl groups excluding tert-OH is 1. The number of nitrogens with one attached hydrogen (secondary N) is 4. The molecule has 3 aliphatic rings. The number of methoxy groups -OCH3 is 1. The van der Waals surface area contributed by atoms with Crippen molar-refractivity contribution in [3.8, 4) is 27.7 Å². The second-order valence-electron chi connectivity index (χ2n) is 22.6. The van der Waals surface area contributed by atoms with Gasteiger partial charge in [-0.2, -0.15) is 0 Å². The minimum atomic E-state index is -1.19. The molecule has 20 nitrogen and oxygen atoms in total. The van der Waals surface area contributed by atoms with Crippen molar-refractivity contribution >= 4 is 68.8 Å². The Balaban J connectivity index is 0.625. The van der Waals surface area contributed by atoms with E-state index < -0.39 is 52.6 Å². The number of ether oxygens (including phenoxy) is 6. The van der Waals surface area contributed by atoms with Gasteiger partial charge in [-0.1, -0.05) is 45.0 Å². The number of thiazole rings is 1. The first-order valence-electron chi connectivity index (χ1n) is 28.8. The van der Waals surface area contributed by atoms with Gasteiger partial charge in [0.2, 0.25) is 29.5 Å². The van der Waals surface area contributed by atoms with E-state index in [1.807, 2.05) is 69.6 Å². The number of hydrogen-bond acceptors (Lipinski definition) is 16. The molecule has 5 amide bonds. The molecule has 2 saturated heterocycles. The number of anilines is 3. The molecule has 452 valence electrons. The highest BCUT2D eigenvalue weighted by Gasteiger charge is 2.56. The first-order valence-corrected chi connectivity index (χ1v) is 29.6. The third-order valence-corrected chi connectivity index (χ3v) is 16.3. The lowest BCUT2D eigenvalue weighted by Gasteiger charge is -2.35. The molecule has 9 rings (SSSR count). The molecule has 6 aromatic rings. The van der Waals surface area contributed by atoms with Crippen LogP contribution < -0.4 is 35.6 Å². The molecule has 85 heavy (non-hydrogen) atoms. The maximum Gasteiger partial charge on any atom is 0.246 e. The third kappa shape index (κ3) is 16.2. The number of halogens is 1.